The zero-order chi connectivity index (χ0) is 21.9. The third-order valence-corrected chi connectivity index (χ3v) is 7.94. The second-order valence-electron chi connectivity index (χ2n) is 7.22. The summed E-state index contributed by atoms with van der Waals surface area (Å²) in [7, 11) is -3.56. The van der Waals surface area contributed by atoms with Crippen molar-refractivity contribution in [3.63, 3.8) is 0 Å². The lowest BCUT2D eigenvalue weighted by atomic mass is 10.0. The Kier molecular flexibility index (Phi) is 6.89. The van der Waals surface area contributed by atoms with Crippen molar-refractivity contribution in [2.75, 3.05) is 25.0 Å². The summed E-state index contributed by atoms with van der Waals surface area (Å²) in [6.07, 6.45) is 1.70. The van der Waals surface area contributed by atoms with Crippen LogP contribution < -0.4 is 5.32 Å². The van der Waals surface area contributed by atoms with Gasteiger partial charge >= 0.3 is 5.97 Å². The van der Waals surface area contributed by atoms with E-state index in [-0.39, 0.29) is 16.6 Å². The molecule has 0 spiro atoms. The second kappa shape index (κ2) is 9.23. The van der Waals surface area contributed by atoms with Gasteiger partial charge in [0.2, 0.25) is 10.0 Å². The average Bonchev–Trinajstić information content (AvgIpc) is 3.08. The largest absolute Gasteiger partial charge is 0.462 e. The van der Waals surface area contributed by atoms with Crippen molar-refractivity contribution in [1.82, 2.24) is 9.29 Å². The Bertz CT molecular complexity index is 1020. The summed E-state index contributed by atoms with van der Waals surface area (Å²) in [6.45, 7) is 6.78. The van der Waals surface area contributed by atoms with Gasteiger partial charge in [-0.25, -0.2) is 18.2 Å². The normalized spacial score (nSPS) is 15.7. The molecular formula is C20H25N3O5S2. The van der Waals surface area contributed by atoms with E-state index in [9.17, 15) is 18.0 Å². The topological polar surface area (TPSA) is 106 Å². The first kappa shape index (κ1) is 22.4. The Hall–Kier alpha value is -2.30. The number of nitrogens with zero attached hydrogens (tertiary/aromatic N) is 2. The van der Waals surface area contributed by atoms with Crippen LogP contribution in [0.3, 0.4) is 0 Å². The molecule has 1 aromatic carbocycles. The van der Waals surface area contributed by atoms with Crippen LogP contribution in [-0.4, -0.2) is 49.3 Å². The van der Waals surface area contributed by atoms with E-state index in [1.807, 2.05) is 0 Å². The molecule has 1 N–H and O–H groups in total. The van der Waals surface area contributed by atoms with Gasteiger partial charge in [-0.05, 0) is 56.9 Å². The molecular weight excluding hydrogens is 426 g/mol. The molecule has 1 aromatic heterocycles. The van der Waals surface area contributed by atoms with Crippen LogP contribution in [0.15, 0.2) is 29.2 Å². The van der Waals surface area contributed by atoms with E-state index < -0.39 is 21.9 Å². The SMILES string of the molecule is CCOC(=O)c1sc(NC(=O)c2ccc(S(=O)(=O)N3CCC(C)CC3)cc2)nc1C. The molecule has 0 unspecified atom stereocenters. The van der Waals surface area contributed by atoms with Gasteiger partial charge in [0.25, 0.3) is 5.91 Å². The fourth-order valence-corrected chi connectivity index (χ4v) is 5.48. The molecule has 0 bridgehead atoms. The predicted molar refractivity (Wildman–Crippen MR) is 114 cm³/mol. The third-order valence-electron chi connectivity index (χ3n) is 4.97. The molecule has 1 fully saturated rings. The Morgan fingerprint density at radius 1 is 1.23 bits per heavy atom. The number of nitrogens with one attached hydrogen (secondary N) is 1. The Morgan fingerprint density at radius 2 is 1.87 bits per heavy atom. The van der Waals surface area contributed by atoms with Crippen LogP contribution in [-0.2, 0) is 14.8 Å². The monoisotopic (exact) mass is 451 g/mol. The van der Waals surface area contributed by atoms with E-state index in [4.69, 9.17) is 4.74 Å². The number of aromatic nitrogens is 1. The number of sulfonamides is 1. The van der Waals surface area contributed by atoms with E-state index in [0.717, 1.165) is 24.2 Å². The number of hydrogen-bond acceptors (Lipinski definition) is 7. The van der Waals surface area contributed by atoms with Crippen molar-refractivity contribution in [2.45, 2.75) is 38.5 Å². The molecule has 162 valence electrons. The van der Waals surface area contributed by atoms with Crippen LogP contribution >= 0.6 is 11.3 Å². The van der Waals surface area contributed by atoms with Crippen molar-refractivity contribution >= 4 is 38.4 Å². The number of carbonyl (C=O) groups excluding carboxylic acids is 2. The van der Waals surface area contributed by atoms with Gasteiger partial charge in [-0.2, -0.15) is 4.31 Å². The molecule has 2 aromatic rings. The van der Waals surface area contributed by atoms with Crippen LogP contribution in [0.5, 0.6) is 0 Å². The summed E-state index contributed by atoms with van der Waals surface area (Å²) in [5, 5.41) is 2.92. The fourth-order valence-electron chi connectivity index (χ4n) is 3.16. The number of esters is 1. The second-order valence-corrected chi connectivity index (χ2v) is 10.2. The summed E-state index contributed by atoms with van der Waals surface area (Å²) in [5.74, 6) is -0.383. The number of hydrogen-bond donors (Lipinski definition) is 1. The number of ether oxygens (including phenoxy) is 1. The zero-order valence-electron chi connectivity index (χ0n) is 17.2. The van der Waals surface area contributed by atoms with Crippen molar-refractivity contribution in [3.8, 4) is 0 Å². The lowest BCUT2D eigenvalue weighted by Gasteiger charge is -2.29. The van der Waals surface area contributed by atoms with Gasteiger partial charge in [0.05, 0.1) is 17.2 Å². The van der Waals surface area contributed by atoms with Crippen LogP contribution in [0, 0.1) is 12.8 Å². The van der Waals surface area contributed by atoms with Crippen molar-refractivity contribution in [2.24, 2.45) is 5.92 Å². The number of amides is 1. The number of thiazole rings is 1. The smallest absolute Gasteiger partial charge is 0.350 e. The number of carbonyl (C=O) groups is 2. The van der Waals surface area contributed by atoms with Gasteiger partial charge < -0.3 is 4.74 Å². The van der Waals surface area contributed by atoms with Gasteiger partial charge in [0.15, 0.2) is 5.13 Å². The standard InChI is InChI=1S/C20H25N3O5S2/c1-4-28-19(25)17-14(3)21-20(29-17)22-18(24)15-5-7-16(8-6-15)30(26,27)23-11-9-13(2)10-12-23/h5-8,13H,4,9-12H2,1-3H3,(H,21,22,24). The molecule has 0 atom stereocenters. The summed E-state index contributed by atoms with van der Waals surface area (Å²) in [5.41, 5.74) is 0.776. The minimum Gasteiger partial charge on any atom is -0.462 e. The average molecular weight is 452 g/mol. The molecule has 1 saturated heterocycles. The molecule has 1 amide bonds. The predicted octanol–water partition coefficient (Wildman–Crippen LogP) is 3.30. The Balaban J connectivity index is 1.70. The Morgan fingerprint density at radius 3 is 2.47 bits per heavy atom. The van der Waals surface area contributed by atoms with Crippen LogP contribution in [0.25, 0.3) is 0 Å². The van der Waals surface area contributed by atoms with E-state index in [1.54, 1.807) is 13.8 Å². The fraction of sp³-hybridized carbons (Fsp3) is 0.450. The molecule has 1 aliphatic heterocycles. The summed E-state index contributed by atoms with van der Waals surface area (Å²) < 4.78 is 32.1. The number of benzene rings is 1. The van der Waals surface area contributed by atoms with Gasteiger partial charge in [0.1, 0.15) is 4.88 Å². The maximum absolute atomic E-state index is 12.8. The number of aryl methyl sites for hydroxylation is 1. The Labute approximate surface area is 180 Å². The molecule has 0 saturated carbocycles. The summed E-state index contributed by atoms with van der Waals surface area (Å²) >= 11 is 1.04. The molecule has 2 heterocycles. The highest BCUT2D eigenvalue weighted by Crippen LogP contribution is 2.25. The minimum absolute atomic E-state index is 0.170. The van der Waals surface area contributed by atoms with Crippen LogP contribution in [0.4, 0.5) is 5.13 Å². The summed E-state index contributed by atoms with van der Waals surface area (Å²) in [6, 6.07) is 5.84. The van der Waals surface area contributed by atoms with Gasteiger partial charge in [-0.1, -0.05) is 18.3 Å². The lowest BCUT2D eigenvalue weighted by molar-refractivity contribution is 0.0531. The molecule has 8 nitrogen and oxygen atoms in total. The number of anilines is 1. The molecule has 0 radical (unpaired) electrons. The van der Waals surface area contributed by atoms with Crippen molar-refractivity contribution in [1.29, 1.82) is 0 Å². The van der Waals surface area contributed by atoms with Gasteiger partial charge in [-0.3, -0.25) is 10.1 Å². The van der Waals surface area contributed by atoms with Gasteiger partial charge in [-0.15, -0.1) is 0 Å². The minimum atomic E-state index is -3.56. The quantitative estimate of drug-likeness (QED) is 0.676. The summed E-state index contributed by atoms with van der Waals surface area (Å²) in [4.78, 5) is 29.1. The van der Waals surface area contributed by atoms with E-state index in [2.05, 4.69) is 17.2 Å². The molecule has 1 aliphatic rings. The van der Waals surface area contributed by atoms with Crippen LogP contribution in [0.2, 0.25) is 0 Å². The number of piperidine rings is 1. The van der Waals surface area contributed by atoms with Crippen molar-refractivity contribution in [3.05, 3.63) is 40.4 Å². The maximum atomic E-state index is 12.8. The number of rotatable bonds is 6. The molecule has 3 rings (SSSR count). The lowest BCUT2D eigenvalue weighted by Crippen LogP contribution is -2.37. The van der Waals surface area contributed by atoms with E-state index in [1.165, 1.54) is 28.6 Å². The highest BCUT2D eigenvalue weighted by Gasteiger charge is 2.28. The maximum Gasteiger partial charge on any atom is 0.350 e. The molecule has 30 heavy (non-hydrogen) atoms. The zero-order valence-corrected chi connectivity index (χ0v) is 18.8. The first-order chi connectivity index (χ1) is 14.2. The highest BCUT2D eigenvalue weighted by molar-refractivity contribution is 7.89. The van der Waals surface area contributed by atoms with Crippen LogP contribution in [0.1, 0.15) is 52.4 Å². The molecule has 10 heteroatoms. The highest BCUT2D eigenvalue weighted by atomic mass is 32.2. The van der Waals surface area contributed by atoms with E-state index >= 15 is 0 Å². The first-order valence-electron chi connectivity index (χ1n) is 9.78. The van der Waals surface area contributed by atoms with Gasteiger partial charge in [0, 0.05) is 18.7 Å². The third kappa shape index (κ3) is 4.88. The van der Waals surface area contributed by atoms with Crippen molar-refractivity contribution < 1.29 is 22.7 Å². The van der Waals surface area contributed by atoms with E-state index in [0.29, 0.717) is 35.1 Å². The first-order valence-corrected chi connectivity index (χ1v) is 12.0. The molecule has 0 aliphatic carbocycles.